The summed E-state index contributed by atoms with van der Waals surface area (Å²) in [4.78, 5) is 12.7. The van der Waals surface area contributed by atoms with Crippen LogP contribution in [0.25, 0.3) is 0 Å². The summed E-state index contributed by atoms with van der Waals surface area (Å²) in [6.45, 7) is 5.59. The van der Waals surface area contributed by atoms with E-state index in [4.69, 9.17) is 31.5 Å². The third-order valence-electron chi connectivity index (χ3n) is 4.58. The van der Waals surface area contributed by atoms with Gasteiger partial charge in [-0.2, -0.15) is 0 Å². The minimum atomic E-state index is -0.323. The topological polar surface area (TPSA) is 82.8 Å². The van der Waals surface area contributed by atoms with Gasteiger partial charge >= 0.3 is 0 Å². The van der Waals surface area contributed by atoms with E-state index in [1.807, 2.05) is 32.0 Å². The summed E-state index contributed by atoms with van der Waals surface area (Å²) in [5.41, 5.74) is 7.19. The van der Waals surface area contributed by atoms with Crippen LogP contribution in [0.15, 0.2) is 30.3 Å². The number of fused-ring (bicyclic) bond motifs is 1. The van der Waals surface area contributed by atoms with Crippen molar-refractivity contribution in [2.45, 2.75) is 19.3 Å². The summed E-state index contributed by atoms with van der Waals surface area (Å²) in [6.07, 6.45) is 0. The number of nitrogens with two attached hydrogens (primary N) is 1. The Hall–Kier alpha value is -2.60. The summed E-state index contributed by atoms with van der Waals surface area (Å²) in [6, 6.07) is 8.91. The first-order valence-corrected chi connectivity index (χ1v) is 9.01. The second kappa shape index (κ2) is 7.56. The highest BCUT2D eigenvalue weighted by atomic mass is 35.5. The summed E-state index contributed by atoms with van der Waals surface area (Å²) < 4.78 is 16.5. The first-order chi connectivity index (χ1) is 12.8. The van der Waals surface area contributed by atoms with Gasteiger partial charge in [0.15, 0.2) is 11.5 Å². The number of methoxy groups -OCH3 is 1. The molecule has 0 atom stereocenters. The molecule has 0 spiro atoms. The molecule has 0 saturated heterocycles. The average Bonchev–Trinajstić information content (AvgIpc) is 2.67. The van der Waals surface area contributed by atoms with Crippen molar-refractivity contribution in [1.82, 2.24) is 5.32 Å². The minimum absolute atomic E-state index is 0.278. The van der Waals surface area contributed by atoms with E-state index in [-0.39, 0.29) is 11.3 Å². The quantitative estimate of drug-likeness (QED) is 0.764. The Balaban J connectivity index is 1.75. The minimum Gasteiger partial charge on any atom is -0.496 e. The van der Waals surface area contributed by atoms with Gasteiger partial charge in [0.2, 0.25) is 0 Å². The Morgan fingerprint density at radius 2 is 1.93 bits per heavy atom. The third-order valence-corrected chi connectivity index (χ3v) is 4.91. The molecule has 1 aliphatic heterocycles. The lowest BCUT2D eigenvalue weighted by molar-refractivity contribution is 0.0942. The number of anilines is 1. The van der Waals surface area contributed by atoms with E-state index in [2.05, 4.69) is 5.32 Å². The number of nitrogens with one attached hydrogen (secondary N) is 1. The maximum absolute atomic E-state index is 12.7. The fraction of sp³-hybridized carbons (Fsp3) is 0.350. The molecule has 1 aliphatic rings. The lowest BCUT2D eigenvalue weighted by Crippen LogP contribution is -2.37. The number of nitrogen functional groups attached to an aromatic ring is 1. The molecule has 2 aromatic carbocycles. The van der Waals surface area contributed by atoms with Crippen LogP contribution in [0.5, 0.6) is 17.2 Å². The zero-order chi connectivity index (χ0) is 19.6. The Morgan fingerprint density at radius 3 is 2.63 bits per heavy atom. The fourth-order valence-electron chi connectivity index (χ4n) is 2.88. The molecule has 0 aromatic heterocycles. The molecule has 27 heavy (non-hydrogen) atoms. The zero-order valence-electron chi connectivity index (χ0n) is 15.6. The number of benzene rings is 2. The lowest BCUT2D eigenvalue weighted by Gasteiger charge is -2.28. The van der Waals surface area contributed by atoms with Crippen molar-refractivity contribution < 1.29 is 19.0 Å². The number of ether oxygens (including phenoxy) is 3. The molecule has 0 fully saturated rings. The van der Waals surface area contributed by atoms with Gasteiger partial charge in [0.25, 0.3) is 5.91 Å². The highest BCUT2D eigenvalue weighted by molar-refractivity contribution is 6.33. The zero-order valence-corrected chi connectivity index (χ0v) is 16.4. The molecule has 1 amide bonds. The van der Waals surface area contributed by atoms with Crippen LogP contribution in [-0.2, 0) is 5.41 Å². The van der Waals surface area contributed by atoms with Crippen LogP contribution in [0, 0.1) is 0 Å². The van der Waals surface area contributed by atoms with E-state index in [0.717, 1.165) is 17.1 Å². The molecule has 0 saturated carbocycles. The number of hydrogen-bond donors (Lipinski definition) is 2. The molecule has 7 heteroatoms. The SMILES string of the molecule is COc1cc(N)c(Cl)cc1C(=O)NCC(C)(C)c1ccc2c(c1)OCCO2. The maximum atomic E-state index is 12.7. The number of amides is 1. The maximum Gasteiger partial charge on any atom is 0.255 e. The van der Waals surface area contributed by atoms with E-state index in [9.17, 15) is 4.79 Å². The van der Waals surface area contributed by atoms with Crippen LogP contribution in [0.4, 0.5) is 5.69 Å². The van der Waals surface area contributed by atoms with Crippen LogP contribution in [0.2, 0.25) is 5.02 Å². The monoisotopic (exact) mass is 390 g/mol. The van der Waals surface area contributed by atoms with Gasteiger partial charge in [-0.3, -0.25) is 4.79 Å². The van der Waals surface area contributed by atoms with Crippen LogP contribution >= 0.6 is 11.6 Å². The number of rotatable bonds is 5. The van der Waals surface area contributed by atoms with Gasteiger partial charge in [-0.05, 0) is 23.8 Å². The summed E-state index contributed by atoms with van der Waals surface area (Å²) in [5.74, 6) is 1.57. The second-order valence-electron chi connectivity index (χ2n) is 7.00. The highest BCUT2D eigenvalue weighted by Gasteiger charge is 2.25. The third kappa shape index (κ3) is 4.06. The molecule has 3 rings (SSSR count). The number of carbonyl (C=O) groups is 1. The van der Waals surface area contributed by atoms with Crippen molar-refractivity contribution in [1.29, 1.82) is 0 Å². The Bertz CT molecular complexity index is 867. The van der Waals surface area contributed by atoms with Gasteiger partial charge in [0.1, 0.15) is 19.0 Å². The standard InChI is InChI=1S/C20H23ClN2O4/c1-20(2,12-4-5-16-18(8-12)27-7-6-26-16)11-23-19(24)13-9-14(21)15(22)10-17(13)25-3/h4-5,8-10H,6-7,11,22H2,1-3H3,(H,23,24). The van der Waals surface area contributed by atoms with E-state index >= 15 is 0 Å². The first-order valence-electron chi connectivity index (χ1n) is 8.63. The molecule has 3 N–H and O–H groups in total. The molecule has 2 aromatic rings. The first kappa shape index (κ1) is 19.2. The van der Waals surface area contributed by atoms with Crippen LogP contribution in [0.1, 0.15) is 29.8 Å². The number of hydrogen-bond acceptors (Lipinski definition) is 5. The van der Waals surface area contributed by atoms with Gasteiger partial charge in [0, 0.05) is 18.0 Å². The molecule has 0 bridgehead atoms. The van der Waals surface area contributed by atoms with Crippen molar-refractivity contribution in [2.24, 2.45) is 0 Å². The summed E-state index contributed by atoms with van der Waals surface area (Å²) in [7, 11) is 1.48. The normalized spacial score (nSPS) is 13.2. The summed E-state index contributed by atoms with van der Waals surface area (Å²) in [5, 5.41) is 3.26. The van der Waals surface area contributed by atoms with E-state index in [1.54, 1.807) is 6.07 Å². The average molecular weight is 391 g/mol. The van der Waals surface area contributed by atoms with Gasteiger partial charge in [-0.25, -0.2) is 0 Å². The fourth-order valence-corrected chi connectivity index (χ4v) is 3.04. The van der Waals surface area contributed by atoms with E-state index in [0.29, 0.717) is 41.8 Å². The smallest absolute Gasteiger partial charge is 0.255 e. The van der Waals surface area contributed by atoms with Crippen LogP contribution in [-0.4, -0.2) is 32.8 Å². The Morgan fingerprint density at radius 1 is 1.22 bits per heavy atom. The molecule has 6 nitrogen and oxygen atoms in total. The number of carbonyl (C=O) groups excluding carboxylic acids is 1. The van der Waals surface area contributed by atoms with Crippen LogP contribution < -0.4 is 25.3 Å². The van der Waals surface area contributed by atoms with Gasteiger partial charge in [-0.15, -0.1) is 0 Å². The predicted molar refractivity (Wildman–Crippen MR) is 105 cm³/mol. The largest absolute Gasteiger partial charge is 0.496 e. The van der Waals surface area contributed by atoms with Gasteiger partial charge in [-0.1, -0.05) is 31.5 Å². The Labute approximate surface area is 163 Å². The molecule has 0 radical (unpaired) electrons. The molecular formula is C20H23ClN2O4. The van der Waals surface area contributed by atoms with Crippen molar-refractivity contribution in [3.05, 3.63) is 46.5 Å². The van der Waals surface area contributed by atoms with Crippen molar-refractivity contribution in [3.8, 4) is 17.2 Å². The Kier molecular flexibility index (Phi) is 5.37. The van der Waals surface area contributed by atoms with E-state index < -0.39 is 0 Å². The molecule has 0 unspecified atom stereocenters. The second-order valence-corrected chi connectivity index (χ2v) is 7.41. The van der Waals surface area contributed by atoms with Crippen molar-refractivity contribution in [3.63, 3.8) is 0 Å². The van der Waals surface area contributed by atoms with Gasteiger partial charge < -0.3 is 25.3 Å². The molecule has 1 heterocycles. The predicted octanol–water partition coefficient (Wildman–Crippen LogP) is 3.41. The molecular weight excluding hydrogens is 368 g/mol. The molecule has 144 valence electrons. The van der Waals surface area contributed by atoms with Crippen molar-refractivity contribution >= 4 is 23.2 Å². The van der Waals surface area contributed by atoms with Gasteiger partial charge in [0.05, 0.1) is 23.4 Å². The van der Waals surface area contributed by atoms with E-state index in [1.165, 1.54) is 13.2 Å². The lowest BCUT2D eigenvalue weighted by atomic mass is 9.84. The summed E-state index contributed by atoms with van der Waals surface area (Å²) >= 11 is 6.05. The number of halogens is 1. The van der Waals surface area contributed by atoms with Crippen molar-refractivity contribution in [2.75, 3.05) is 32.6 Å². The highest BCUT2D eigenvalue weighted by Crippen LogP contribution is 2.35. The molecule has 0 aliphatic carbocycles. The van der Waals surface area contributed by atoms with Crippen LogP contribution in [0.3, 0.4) is 0 Å².